The zero-order valence-corrected chi connectivity index (χ0v) is 8.60. The third-order valence-corrected chi connectivity index (χ3v) is 1.93. The van der Waals surface area contributed by atoms with E-state index >= 15 is 0 Å². The van der Waals surface area contributed by atoms with Crippen LogP contribution in [0.4, 0.5) is 18.9 Å². The van der Waals surface area contributed by atoms with Gasteiger partial charge >= 0.3 is 6.18 Å². The quantitative estimate of drug-likeness (QED) is 0.804. The largest absolute Gasteiger partial charge is 0.418 e. The van der Waals surface area contributed by atoms with E-state index in [0.29, 0.717) is 0 Å². The first-order valence-corrected chi connectivity index (χ1v) is 4.45. The van der Waals surface area contributed by atoms with Crippen molar-refractivity contribution in [1.82, 2.24) is 25.2 Å². The lowest BCUT2D eigenvalue weighted by Gasteiger charge is -2.09. The van der Waals surface area contributed by atoms with Crippen LogP contribution in [0.2, 0.25) is 0 Å². The molecule has 0 saturated carbocycles. The van der Waals surface area contributed by atoms with Crippen molar-refractivity contribution >= 4 is 5.69 Å². The molecule has 2 aromatic rings. The SMILES string of the molecule is Cn1nnc(-c2ncc(N)cc2C(F)(F)F)n1. The van der Waals surface area contributed by atoms with Crippen molar-refractivity contribution in [1.29, 1.82) is 0 Å². The van der Waals surface area contributed by atoms with Crippen molar-refractivity contribution in [2.75, 3.05) is 5.73 Å². The number of aromatic nitrogens is 5. The average molecular weight is 244 g/mol. The molecule has 0 aliphatic rings. The molecule has 0 atom stereocenters. The summed E-state index contributed by atoms with van der Waals surface area (Å²) in [5.41, 5.74) is 3.83. The Kier molecular flexibility index (Phi) is 2.45. The molecule has 2 rings (SSSR count). The Balaban J connectivity index is 2.61. The molecule has 0 saturated heterocycles. The smallest absolute Gasteiger partial charge is 0.397 e. The summed E-state index contributed by atoms with van der Waals surface area (Å²) >= 11 is 0. The van der Waals surface area contributed by atoms with Gasteiger partial charge in [-0.05, 0) is 11.3 Å². The molecule has 0 bridgehead atoms. The summed E-state index contributed by atoms with van der Waals surface area (Å²) in [6.07, 6.45) is -3.46. The Morgan fingerprint density at radius 3 is 2.59 bits per heavy atom. The molecule has 0 unspecified atom stereocenters. The zero-order valence-electron chi connectivity index (χ0n) is 8.60. The molecule has 0 aliphatic carbocycles. The van der Waals surface area contributed by atoms with E-state index in [0.717, 1.165) is 17.1 Å². The van der Waals surface area contributed by atoms with Gasteiger partial charge < -0.3 is 5.73 Å². The minimum Gasteiger partial charge on any atom is -0.397 e. The Morgan fingerprint density at radius 2 is 2.06 bits per heavy atom. The van der Waals surface area contributed by atoms with Gasteiger partial charge in [-0.1, -0.05) is 0 Å². The number of nitrogens with zero attached hydrogens (tertiary/aromatic N) is 5. The van der Waals surface area contributed by atoms with Crippen LogP contribution in [0.3, 0.4) is 0 Å². The molecule has 0 radical (unpaired) electrons. The Bertz CT molecular complexity index is 546. The average Bonchev–Trinajstić information content (AvgIpc) is 2.63. The number of aryl methyl sites for hydroxylation is 1. The lowest BCUT2D eigenvalue weighted by Crippen LogP contribution is -2.10. The molecule has 2 N–H and O–H groups in total. The molecule has 9 heteroatoms. The van der Waals surface area contributed by atoms with Crippen LogP contribution in [-0.2, 0) is 13.2 Å². The van der Waals surface area contributed by atoms with E-state index in [2.05, 4.69) is 20.4 Å². The molecule has 2 heterocycles. The van der Waals surface area contributed by atoms with Gasteiger partial charge in [-0.2, -0.15) is 18.0 Å². The molecule has 0 spiro atoms. The van der Waals surface area contributed by atoms with Gasteiger partial charge in [0.15, 0.2) is 0 Å². The van der Waals surface area contributed by atoms with Crippen LogP contribution in [0.15, 0.2) is 12.3 Å². The van der Waals surface area contributed by atoms with Crippen molar-refractivity contribution in [2.24, 2.45) is 7.05 Å². The van der Waals surface area contributed by atoms with Crippen molar-refractivity contribution < 1.29 is 13.2 Å². The molecular formula is C8H7F3N6. The van der Waals surface area contributed by atoms with Gasteiger partial charge in [-0.3, -0.25) is 0 Å². The lowest BCUT2D eigenvalue weighted by molar-refractivity contribution is -0.137. The summed E-state index contributed by atoms with van der Waals surface area (Å²) in [6, 6.07) is 0.790. The second-order valence-corrected chi connectivity index (χ2v) is 3.27. The third-order valence-electron chi connectivity index (χ3n) is 1.93. The van der Waals surface area contributed by atoms with Crippen LogP contribution < -0.4 is 5.73 Å². The number of hydrogen-bond acceptors (Lipinski definition) is 5. The molecule has 6 nitrogen and oxygen atoms in total. The Morgan fingerprint density at radius 1 is 1.35 bits per heavy atom. The first kappa shape index (κ1) is 11.3. The molecule has 0 fully saturated rings. The number of tetrazole rings is 1. The number of nitrogen functional groups attached to an aromatic ring is 1. The lowest BCUT2D eigenvalue weighted by atomic mass is 10.1. The number of nitrogens with two attached hydrogens (primary N) is 1. The van der Waals surface area contributed by atoms with E-state index in [9.17, 15) is 13.2 Å². The highest BCUT2D eigenvalue weighted by Crippen LogP contribution is 2.35. The van der Waals surface area contributed by atoms with E-state index in [1.165, 1.54) is 7.05 Å². The monoisotopic (exact) mass is 244 g/mol. The van der Waals surface area contributed by atoms with Crippen LogP contribution >= 0.6 is 0 Å². The molecule has 90 valence electrons. The summed E-state index contributed by atoms with van der Waals surface area (Å²) < 4.78 is 38.2. The number of alkyl halides is 3. The van der Waals surface area contributed by atoms with Gasteiger partial charge in [0.1, 0.15) is 5.69 Å². The van der Waals surface area contributed by atoms with Crippen LogP contribution in [0.25, 0.3) is 11.5 Å². The van der Waals surface area contributed by atoms with Gasteiger partial charge in [0, 0.05) is 0 Å². The van der Waals surface area contributed by atoms with Crippen molar-refractivity contribution in [3.8, 4) is 11.5 Å². The van der Waals surface area contributed by atoms with Crippen LogP contribution in [0.1, 0.15) is 5.56 Å². The summed E-state index contributed by atoms with van der Waals surface area (Å²) in [5, 5.41) is 10.6. The van der Waals surface area contributed by atoms with E-state index in [4.69, 9.17) is 5.73 Å². The van der Waals surface area contributed by atoms with E-state index in [1.54, 1.807) is 0 Å². The number of halogens is 3. The maximum Gasteiger partial charge on any atom is 0.418 e. The van der Waals surface area contributed by atoms with E-state index in [1.807, 2.05) is 0 Å². The first-order chi connectivity index (χ1) is 7.88. The normalized spacial score (nSPS) is 11.8. The van der Waals surface area contributed by atoms with Crippen molar-refractivity contribution in [2.45, 2.75) is 6.18 Å². The number of rotatable bonds is 1. The van der Waals surface area contributed by atoms with Crippen molar-refractivity contribution in [3.05, 3.63) is 17.8 Å². The van der Waals surface area contributed by atoms with Gasteiger partial charge in [0.2, 0.25) is 5.82 Å². The third kappa shape index (κ3) is 2.17. The standard InChI is InChI=1S/C8H7F3N6/c1-17-15-7(14-16-17)6-5(8(9,10)11)2-4(12)3-13-6/h2-3H,12H2,1H3. The first-order valence-electron chi connectivity index (χ1n) is 4.45. The highest BCUT2D eigenvalue weighted by molar-refractivity contribution is 5.58. The van der Waals surface area contributed by atoms with Gasteiger partial charge in [0.05, 0.1) is 24.5 Å². The topological polar surface area (TPSA) is 82.5 Å². The van der Waals surface area contributed by atoms with Crippen LogP contribution in [0.5, 0.6) is 0 Å². The molecule has 17 heavy (non-hydrogen) atoms. The number of pyridine rings is 1. The number of hydrogen-bond donors (Lipinski definition) is 1. The molecule has 0 amide bonds. The van der Waals surface area contributed by atoms with Gasteiger partial charge in [0.25, 0.3) is 0 Å². The van der Waals surface area contributed by atoms with Crippen LogP contribution in [-0.4, -0.2) is 25.2 Å². The maximum absolute atomic E-state index is 12.7. The maximum atomic E-state index is 12.7. The summed E-state index contributed by atoms with van der Waals surface area (Å²) in [7, 11) is 1.45. The predicted molar refractivity (Wildman–Crippen MR) is 51.4 cm³/mol. The fourth-order valence-corrected chi connectivity index (χ4v) is 1.25. The highest BCUT2D eigenvalue weighted by Gasteiger charge is 2.36. The van der Waals surface area contributed by atoms with E-state index in [-0.39, 0.29) is 17.2 Å². The van der Waals surface area contributed by atoms with Crippen molar-refractivity contribution in [3.63, 3.8) is 0 Å². The minimum absolute atomic E-state index is 0.0787. The molecule has 0 aliphatic heterocycles. The molecular weight excluding hydrogens is 237 g/mol. The Labute approximate surface area is 93.3 Å². The van der Waals surface area contributed by atoms with E-state index < -0.39 is 11.7 Å². The van der Waals surface area contributed by atoms with Gasteiger partial charge in [-0.15, -0.1) is 10.2 Å². The molecule has 0 aromatic carbocycles. The predicted octanol–water partition coefficient (Wildman–Crippen LogP) is 0.873. The van der Waals surface area contributed by atoms with Gasteiger partial charge in [-0.25, -0.2) is 4.98 Å². The minimum atomic E-state index is -4.57. The fraction of sp³-hybridized carbons (Fsp3) is 0.250. The number of anilines is 1. The fourth-order valence-electron chi connectivity index (χ4n) is 1.25. The van der Waals surface area contributed by atoms with Crippen LogP contribution in [0, 0.1) is 0 Å². The summed E-state index contributed by atoms with van der Waals surface area (Å²) in [6.45, 7) is 0. The molecule has 2 aromatic heterocycles. The highest BCUT2D eigenvalue weighted by atomic mass is 19.4. The summed E-state index contributed by atoms with van der Waals surface area (Å²) in [4.78, 5) is 4.65. The summed E-state index contributed by atoms with van der Waals surface area (Å²) in [5.74, 6) is -0.195. The second-order valence-electron chi connectivity index (χ2n) is 3.27. The zero-order chi connectivity index (χ0) is 12.6. The Hall–Kier alpha value is -2.19. The second kappa shape index (κ2) is 3.68.